The number of anilines is 1. The molecule has 0 aromatic heterocycles. The van der Waals surface area contributed by atoms with E-state index in [1.54, 1.807) is 13.8 Å². The number of amides is 1. The van der Waals surface area contributed by atoms with Crippen LogP contribution in [0.5, 0.6) is 0 Å². The molecule has 10 heteroatoms. The summed E-state index contributed by atoms with van der Waals surface area (Å²) in [5.41, 5.74) is -1.05. The van der Waals surface area contributed by atoms with Crippen LogP contribution in [0.2, 0.25) is 0 Å². The van der Waals surface area contributed by atoms with Crippen LogP contribution in [0.25, 0.3) is 0 Å². The molecule has 3 rings (SSSR count). The lowest BCUT2D eigenvalue weighted by atomic mass is 10.1. The molecule has 2 heterocycles. The van der Waals surface area contributed by atoms with Crippen LogP contribution in [0.15, 0.2) is 29.3 Å². The molecule has 26 heavy (non-hydrogen) atoms. The highest BCUT2D eigenvalue weighted by atomic mass is 32.2. The van der Waals surface area contributed by atoms with Crippen molar-refractivity contribution in [3.63, 3.8) is 0 Å². The van der Waals surface area contributed by atoms with E-state index >= 15 is 0 Å². The first-order valence-electron chi connectivity index (χ1n) is 7.94. The Morgan fingerprint density at radius 1 is 1.27 bits per heavy atom. The van der Waals surface area contributed by atoms with E-state index in [4.69, 9.17) is 0 Å². The molecule has 2 aliphatic heterocycles. The molecule has 0 spiro atoms. The van der Waals surface area contributed by atoms with Gasteiger partial charge in [-0.25, -0.2) is 8.42 Å². The maximum absolute atomic E-state index is 13.5. The maximum atomic E-state index is 13.5. The molecule has 1 amide bonds. The largest absolute Gasteiger partial charge is 0.418 e. The number of fused-ring (bicyclic) bond motifs is 1. The number of rotatable bonds is 2. The van der Waals surface area contributed by atoms with Gasteiger partial charge in [-0.15, -0.1) is 0 Å². The Bertz CT molecular complexity index is 866. The molecule has 0 saturated carbocycles. The van der Waals surface area contributed by atoms with E-state index in [9.17, 15) is 26.4 Å². The smallest absolute Gasteiger partial charge is 0.315 e. The fraction of sp³-hybridized carbons (Fsp3) is 0.500. The van der Waals surface area contributed by atoms with Gasteiger partial charge in [-0.1, -0.05) is 37.7 Å². The first kappa shape index (κ1) is 19.2. The molecule has 2 saturated heterocycles. The molecule has 0 unspecified atom stereocenters. The summed E-state index contributed by atoms with van der Waals surface area (Å²) < 4.78 is 64.3. The molecule has 2 atom stereocenters. The number of nitrogens with zero attached hydrogens (tertiary/aromatic N) is 2. The number of carbonyl (C=O) groups is 1. The highest BCUT2D eigenvalue weighted by molar-refractivity contribution is 8.16. The topological polar surface area (TPSA) is 66.8 Å². The molecular weight excluding hydrogens is 389 g/mol. The molecular formula is C16H17F3N2O3S2. The van der Waals surface area contributed by atoms with E-state index in [2.05, 4.69) is 4.99 Å². The van der Waals surface area contributed by atoms with Crippen molar-refractivity contribution in [2.24, 2.45) is 10.9 Å². The molecule has 5 nitrogen and oxygen atoms in total. The molecule has 0 N–H and O–H groups in total. The number of aliphatic imine (C=N–C) groups is 1. The van der Waals surface area contributed by atoms with Crippen molar-refractivity contribution in [1.29, 1.82) is 0 Å². The summed E-state index contributed by atoms with van der Waals surface area (Å²) in [4.78, 5) is 17.3. The van der Waals surface area contributed by atoms with Gasteiger partial charge in [-0.05, 0) is 12.1 Å². The van der Waals surface area contributed by atoms with Crippen molar-refractivity contribution in [2.45, 2.75) is 31.3 Å². The van der Waals surface area contributed by atoms with Crippen LogP contribution in [0.1, 0.15) is 19.4 Å². The number of carbonyl (C=O) groups excluding carboxylic acids is 1. The molecule has 1 aromatic rings. The molecule has 142 valence electrons. The third-order valence-electron chi connectivity index (χ3n) is 4.24. The summed E-state index contributed by atoms with van der Waals surface area (Å²) in [6.45, 7) is 3.29. The Hall–Kier alpha value is -1.55. The quantitative estimate of drug-likeness (QED) is 0.756. The summed E-state index contributed by atoms with van der Waals surface area (Å²) in [5.74, 6) is -1.26. The summed E-state index contributed by atoms with van der Waals surface area (Å²) in [5, 5.41) is -0.315. The highest BCUT2D eigenvalue weighted by Crippen LogP contribution is 2.45. The first-order chi connectivity index (χ1) is 12.0. The normalized spacial score (nSPS) is 26.5. The zero-order valence-corrected chi connectivity index (χ0v) is 15.7. The van der Waals surface area contributed by atoms with Crippen LogP contribution in [-0.4, -0.2) is 42.3 Å². The number of thioether (sulfide) groups is 1. The van der Waals surface area contributed by atoms with Gasteiger partial charge < -0.3 is 4.90 Å². The van der Waals surface area contributed by atoms with Gasteiger partial charge in [0.05, 0.1) is 28.8 Å². The lowest BCUT2D eigenvalue weighted by Gasteiger charge is -2.27. The van der Waals surface area contributed by atoms with Crippen LogP contribution in [0, 0.1) is 5.92 Å². The average Bonchev–Trinajstić information content (AvgIpc) is 2.97. The van der Waals surface area contributed by atoms with Crippen molar-refractivity contribution < 1.29 is 26.4 Å². The fourth-order valence-electron chi connectivity index (χ4n) is 2.99. The van der Waals surface area contributed by atoms with Crippen molar-refractivity contribution in [2.75, 3.05) is 16.4 Å². The third kappa shape index (κ3) is 3.62. The monoisotopic (exact) mass is 406 g/mol. The zero-order valence-electron chi connectivity index (χ0n) is 14.0. The van der Waals surface area contributed by atoms with Crippen LogP contribution in [-0.2, 0) is 20.8 Å². The predicted octanol–water partition coefficient (Wildman–Crippen LogP) is 2.96. The van der Waals surface area contributed by atoms with E-state index < -0.39 is 44.7 Å². The Labute approximate surface area is 153 Å². The van der Waals surface area contributed by atoms with Gasteiger partial charge >= 0.3 is 6.18 Å². The predicted molar refractivity (Wildman–Crippen MR) is 95.0 cm³/mol. The Morgan fingerprint density at radius 3 is 2.54 bits per heavy atom. The fourth-order valence-corrected chi connectivity index (χ4v) is 6.91. The third-order valence-corrected chi connectivity index (χ3v) is 7.45. The zero-order chi connectivity index (χ0) is 19.3. The highest BCUT2D eigenvalue weighted by Gasteiger charge is 2.51. The van der Waals surface area contributed by atoms with Crippen LogP contribution in [0.4, 0.5) is 18.9 Å². The number of hydrogen-bond donors (Lipinski definition) is 0. The van der Waals surface area contributed by atoms with E-state index in [0.717, 1.165) is 17.8 Å². The lowest BCUT2D eigenvalue weighted by molar-refractivity contribution is -0.137. The van der Waals surface area contributed by atoms with Crippen molar-refractivity contribution >= 4 is 38.4 Å². The number of amidine groups is 1. The number of halogens is 3. The molecule has 2 aliphatic rings. The molecule has 0 aliphatic carbocycles. The molecule has 0 radical (unpaired) electrons. The maximum Gasteiger partial charge on any atom is 0.418 e. The average molecular weight is 406 g/mol. The number of para-hydroxylation sites is 1. The van der Waals surface area contributed by atoms with Gasteiger partial charge in [-0.2, -0.15) is 18.2 Å². The Balaban J connectivity index is 2.12. The Morgan fingerprint density at radius 2 is 1.92 bits per heavy atom. The van der Waals surface area contributed by atoms with Crippen molar-refractivity contribution in [1.82, 2.24) is 0 Å². The van der Waals surface area contributed by atoms with E-state index in [1.807, 2.05) is 0 Å². The van der Waals surface area contributed by atoms with Gasteiger partial charge in [0, 0.05) is 11.2 Å². The van der Waals surface area contributed by atoms with Gasteiger partial charge in [0.2, 0.25) is 0 Å². The standard InChI is InChI=1S/C16H17F3N2O3S2/c1-9(2)14(22)20-15-21(12-7-26(23,24)8-13(12)25-15)11-6-4-3-5-10(11)16(17,18)19/h3-6,9,12-13H,7-8H2,1-2H3/t12-,13-/m0/s1. The molecule has 1 aromatic carbocycles. The van der Waals surface area contributed by atoms with Crippen LogP contribution < -0.4 is 4.90 Å². The van der Waals surface area contributed by atoms with Gasteiger partial charge in [0.1, 0.15) is 0 Å². The number of alkyl halides is 3. The summed E-state index contributed by atoms with van der Waals surface area (Å²) >= 11 is 1.06. The van der Waals surface area contributed by atoms with Crippen LogP contribution in [0.3, 0.4) is 0 Å². The minimum atomic E-state index is -4.61. The van der Waals surface area contributed by atoms with Gasteiger partial charge in [-0.3, -0.25) is 4.79 Å². The first-order valence-corrected chi connectivity index (χ1v) is 10.6. The minimum Gasteiger partial charge on any atom is -0.315 e. The van der Waals surface area contributed by atoms with E-state index in [-0.39, 0.29) is 22.4 Å². The second kappa shape index (κ2) is 6.56. The summed E-state index contributed by atoms with van der Waals surface area (Å²) in [6, 6.07) is 4.28. The second-order valence-electron chi connectivity index (χ2n) is 6.57. The summed E-state index contributed by atoms with van der Waals surface area (Å²) in [6.07, 6.45) is -4.61. The van der Waals surface area contributed by atoms with Crippen LogP contribution >= 0.6 is 11.8 Å². The minimum absolute atomic E-state index is 0.130. The number of benzene rings is 1. The van der Waals surface area contributed by atoms with Crippen molar-refractivity contribution in [3.05, 3.63) is 29.8 Å². The SMILES string of the molecule is CC(C)C(=O)N=C1S[C@H]2CS(=O)(=O)C[C@@H]2N1c1ccccc1C(F)(F)F. The van der Waals surface area contributed by atoms with Gasteiger partial charge in [0.15, 0.2) is 15.0 Å². The molecule has 2 fully saturated rings. The number of sulfone groups is 1. The summed E-state index contributed by atoms with van der Waals surface area (Å²) in [7, 11) is -3.35. The second-order valence-corrected chi connectivity index (χ2v) is 9.93. The molecule has 0 bridgehead atoms. The van der Waals surface area contributed by atoms with E-state index in [1.165, 1.54) is 23.1 Å². The lowest BCUT2D eigenvalue weighted by Crippen LogP contribution is -2.39. The van der Waals surface area contributed by atoms with Crippen molar-refractivity contribution in [3.8, 4) is 0 Å². The van der Waals surface area contributed by atoms with Gasteiger partial charge in [0.25, 0.3) is 5.91 Å². The van der Waals surface area contributed by atoms with E-state index in [0.29, 0.717) is 0 Å². The Kier molecular flexibility index (Phi) is 4.85. The number of hydrogen-bond acceptors (Lipinski definition) is 4.